The number of aliphatic hydroxyl groups is 1. The number of pyridine rings is 1. The number of nitrogens with one attached hydrogen (secondary N) is 1. The van der Waals surface area contributed by atoms with E-state index in [0.717, 1.165) is 11.3 Å². The van der Waals surface area contributed by atoms with Gasteiger partial charge in [-0.15, -0.1) is 6.58 Å². The molecule has 19 heavy (non-hydrogen) atoms. The predicted octanol–water partition coefficient (Wildman–Crippen LogP) is 2.36. The molecule has 0 aliphatic rings. The Morgan fingerprint density at radius 3 is 2.84 bits per heavy atom. The fraction of sp³-hybridized carbons (Fsp3) is 0.385. The molecule has 0 aliphatic heterocycles. The number of anilines is 1. The number of nitrogens with zero attached hydrogens (tertiary/aromatic N) is 2. The van der Waals surface area contributed by atoms with E-state index in [-0.39, 0.29) is 24.3 Å². The molecule has 1 heterocycles. The molecule has 1 rings (SSSR count). The number of hydrogen-bond donors (Lipinski definition) is 2. The summed E-state index contributed by atoms with van der Waals surface area (Å²) < 4.78 is 0. The Morgan fingerprint density at radius 2 is 2.32 bits per heavy atom. The second-order valence-electron chi connectivity index (χ2n) is 4.13. The van der Waals surface area contributed by atoms with Crippen molar-refractivity contribution in [1.29, 1.82) is 0 Å². The van der Waals surface area contributed by atoms with E-state index in [1.807, 2.05) is 19.9 Å². The Balaban J connectivity index is 2.89. The van der Waals surface area contributed by atoms with Crippen molar-refractivity contribution in [2.24, 2.45) is 0 Å². The molecule has 2 amide bonds. The number of aromatic nitrogens is 1. The van der Waals surface area contributed by atoms with Gasteiger partial charge in [0.15, 0.2) is 5.15 Å². The van der Waals surface area contributed by atoms with Crippen molar-refractivity contribution in [3.8, 4) is 0 Å². The molecule has 104 valence electrons. The second-order valence-corrected chi connectivity index (χ2v) is 4.49. The third kappa shape index (κ3) is 4.22. The molecule has 6 heteroatoms. The number of aryl methyl sites for hydroxylation is 2. The second kappa shape index (κ2) is 7.11. The van der Waals surface area contributed by atoms with Crippen LogP contribution in [0.3, 0.4) is 0 Å². The lowest BCUT2D eigenvalue weighted by molar-refractivity contribution is 0.195. The summed E-state index contributed by atoms with van der Waals surface area (Å²) in [5, 5.41) is 11.9. The van der Waals surface area contributed by atoms with Gasteiger partial charge in [-0.2, -0.15) is 0 Å². The Labute approximate surface area is 117 Å². The first-order valence-electron chi connectivity index (χ1n) is 5.91. The monoisotopic (exact) mass is 283 g/mol. The Morgan fingerprint density at radius 1 is 1.63 bits per heavy atom. The van der Waals surface area contributed by atoms with Gasteiger partial charge in [-0.1, -0.05) is 17.7 Å². The van der Waals surface area contributed by atoms with E-state index >= 15 is 0 Å². The van der Waals surface area contributed by atoms with Crippen molar-refractivity contribution in [3.63, 3.8) is 0 Å². The number of rotatable bonds is 5. The Hall–Kier alpha value is -1.59. The average Bonchev–Trinajstić information content (AvgIpc) is 2.33. The van der Waals surface area contributed by atoms with Gasteiger partial charge in [0.05, 0.1) is 12.3 Å². The average molecular weight is 284 g/mol. The first-order valence-corrected chi connectivity index (χ1v) is 6.28. The number of urea groups is 1. The van der Waals surface area contributed by atoms with E-state index in [2.05, 4.69) is 16.9 Å². The summed E-state index contributed by atoms with van der Waals surface area (Å²) >= 11 is 6.02. The van der Waals surface area contributed by atoms with E-state index in [4.69, 9.17) is 16.7 Å². The largest absolute Gasteiger partial charge is 0.395 e. The molecule has 0 radical (unpaired) electrons. The molecule has 0 aliphatic carbocycles. The highest BCUT2D eigenvalue weighted by atomic mass is 35.5. The van der Waals surface area contributed by atoms with Gasteiger partial charge in [0.2, 0.25) is 0 Å². The van der Waals surface area contributed by atoms with Crippen molar-refractivity contribution < 1.29 is 9.90 Å². The molecule has 0 saturated heterocycles. The van der Waals surface area contributed by atoms with Crippen LogP contribution < -0.4 is 5.32 Å². The maximum atomic E-state index is 12.1. The summed E-state index contributed by atoms with van der Waals surface area (Å²) in [7, 11) is 0. The normalized spacial score (nSPS) is 10.1. The van der Waals surface area contributed by atoms with Crippen molar-refractivity contribution in [1.82, 2.24) is 9.88 Å². The van der Waals surface area contributed by atoms with Crippen molar-refractivity contribution in [2.75, 3.05) is 25.0 Å². The molecule has 1 aromatic rings. The molecule has 0 aromatic carbocycles. The summed E-state index contributed by atoms with van der Waals surface area (Å²) in [6.07, 6.45) is 1.59. The topological polar surface area (TPSA) is 65.5 Å². The highest BCUT2D eigenvalue weighted by Crippen LogP contribution is 2.24. The number of hydrogen-bond acceptors (Lipinski definition) is 3. The lowest BCUT2D eigenvalue weighted by atomic mass is 10.2. The summed E-state index contributed by atoms with van der Waals surface area (Å²) in [5.41, 5.74) is 2.12. The Kier molecular flexibility index (Phi) is 5.79. The molecule has 2 N–H and O–H groups in total. The van der Waals surface area contributed by atoms with Gasteiger partial charge in [-0.3, -0.25) is 0 Å². The Bertz CT molecular complexity index is 454. The zero-order valence-electron chi connectivity index (χ0n) is 11.1. The van der Waals surface area contributed by atoms with Gasteiger partial charge < -0.3 is 15.3 Å². The number of carbonyl (C=O) groups excluding carboxylic acids is 1. The SMILES string of the molecule is C=CCN(CCO)C(=O)Nc1c(C)cc(C)nc1Cl. The van der Waals surface area contributed by atoms with Crippen LogP contribution in [0.5, 0.6) is 0 Å². The predicted molar refractivity (Wildman–Crippen MR) is 76.6 cm³/mol. The van der Waals surface area contributed by atoms with Crippen LogP contribution in [0, 0.1) is 13.8 Å². The van der Waals surface area contributed by atoms with Crippen LogP contribution in [0.15, 0.2) is 18.7 Å². The minimum absolute atomic E-state index is 0.111. The fourth-order valence-electron chi connectivity index (χ4n) is 1.68. The molecule has 0 saturated carbocycles. The highest BCUT2D eigenvalue weighted by Gasteiger charge is 2.15. The molecule has 0 atom stereocenters. The smallest absolute Gasteiger partial charge is 0.322 e. The van der Waals surface area contributed by atoms with E-state index < -0.39 is 0 Å². The number of aliphatic hydroxyl groups excluding tert-OH is 1. The van der Waals surface area contributed by atoms with E-state index in [1.165, 1.54) is 4.90 Å². The minimum atomic E-state index is -0.343. The maximum absolute atomic E-state index is 12.1. The molecular formula is C13H18ClN3O2. The molecule has 0 unspecified atom stereocenters. The van der Waals surface area contributed by atoms with Crippen LogP contribution in [0.4, 0.5) is 10.5 Å². The molecule has 0 fully saturated rings. The molecular weight excluding hydrogens is 266 g/mol. The number of halogens is 1. The summed E-state index contributed by atoms with van der Waals surface area (Å²) in [6, 6.07) is 1.50. The minimum Gasteiger partial charge on any atom is -0.395 e. The van der Waals surface area contributed by atoms with Gasteiger partial charge in [0.25, 0.3) is 0 Å². The van der Waals surface area contributed by atoms with Crippen LogP contribution in [-0.2, 0) is 0 Å². The van der Waals surface area contributed by atoms with E-state index in [9.17, 15) is 4.79 Å². The zero-order chi connectivity index (χ0) is 14.4. The fourth-order valence-corrected chi connectivity index (χ4v) is 2.01. The molecule has 0 spiro atoms. The van der Waals surface area contributed by atoms with Crippen LogP contribution in [-0.4, -0.2) is 40.7 Å². The van der Waals surface area contributed by atoms with E-state index in [1.54, 1.807) is 6.08 Å². The molecule has 0 bridgehead atoms. The lowest BCUT2D eigenvalue weighted by Crippen LogP contribution is -2.37. The highest BCUT2D eigenvalue weighted by molar-refractivity contribution is 6.32. The van der Waals surface area contributed by atoms with Crippen LogP contribution in [0.25, 0.3) is 0 Å². The van der Waals surface area contributed by atoms with Gasteiger partial charge in [0.1, 0.15) is 0 Å². The van der Waals surface area contributed by atoms with Crippen molar-refractivity contribution >= 4 is 23.3 Å². The van der Waals surface area contributed by atoms with E-state index in [0.29, 0.717) is 12.2 Å². The first kappa shape index (κ1) is 15.5. The summed E-state index contributed by atoms with van der Waals surface area (Å²) in [4.78, 5) is 17.6. The van der Waals surface area contributed by atoms with Gasteiger partial charge in [-0.05, 0) is 25.5 Å². The number of amides is 2. The van der Waals surface area contributed by atoms with Gasteiger partial charge in [-0.25, -0.2) is 9.78 Å². The standard InChI is InChI=1S/C13H18ClN3O2/c1-4-5-17(6-7-18)13(19)16-11-9(2)8-10(3)15-12(11)14/h4,8,18H,1,5-7H2,2-3H3,(H,16,19). The molecule has 5 nitrogen and oxygen atoms in total. The van der Waals surface area contributed by atoms with Gasteiger partial charge >= 0.3 is 6.03 Å². The van der Waals surface area contributed by atoms with Crippen molar-refractivity contribution in [3.05, 3.63) is 35.1 Å². The summed E-state index contributed by atoms with van der Waals surface area (Å²) in [5.74, 6) is 0. The van der Waals surface area contributed by atoms with Crippen LogP contribution in [0.1, 0.15) is 11.3 Å². The van der Waals surface area contributed by atoms with Gasteiger partial charge in [0, 0.05) is 18.8 Å². The zero-order valence-corrected chi connectivity index (χ0v) is 11.9. The third-order valence-corrected chi connectivity index (χ3v) is 2.81. The quantitative estimate of drug-likeness (QED) is 0.644. The molecule has 1 aromatic heterocycles. The third-order valence-electron chi connectivity index (χ3n) is 2.54. The van der Waals surface area contributed by atoms with Crippen LogP contribution in [0.2, 0.25) is 5.15 Å². The van der Waals surface area contributed by atoms with Crippen LogP contribution >= 0.6 is 11.6 Å². The maximum Gasteiger partial charge on any atom is 0.322 e. The number of carbonyl (C=O) groups is 1. The van der Waals surface area contributed by atoms with Crippen molar-refractivity contribution in [2.45, 2.75) is 13.8 Å². The first-order chi connectivity index (χ1) is 8.99. The lowest BCUT2D eigenvalue weighted by Gasteiger charge is -2.21. The summed E-state index contributed by atoms with van der Waals surface area (Å²) in [6.45, 7) is 7.73.